The molecule has 7 heteroatoms. The number of fused-ring (bicyclic) bond motifs is 1. The highest BCUT2D eigenvalue weighted by Gasteiger charge is 2.28. The van der Waals surface area contributed by atoms with E-state index >= 15 is 0 Å². The number of nitrogens with zero attached hydrogens (tertiary/aromatic N) is 1. The lowest BCUT2D eigenvalue weighted by Gasteiger charge is -2.17. The number of aliphatic hydroxyl groups excluding tert-OH is 1. The summed E-state index contributed by atoms with van der Waals surface area (Å²) in [5.74, 6) is -0.873. The fourth-order valence-corrected chi connectivity index (χ4v) is 2.76. The van der Waals surface area contributed by atoms with Crippen LogP contribution in [0.3, 0.4) is 0 Å². The molecule has 0 saturated carbocycles. The monoisotopic (exact) mass is 327 g/mol. The van der Waals surface area contributed by atoms with Gasteiger partial charge in [0.15, 0.2) is 6.04 Å². The highest BCUT2D eigenvalue weighted by Crippen LogP contribution is 2.23. The summed E-state index contributed by atoms with van der Waals surface area (Å²) in [6.07, 6.45) is -1.17. The summed E-state index contributed by atoms with van der Waals surface area (Å²) in [6, 6.07) is 13.7. The van der Waals surface area contributed by atoms with Gasteiger partial charge in [-0.25, -0.2) is 10.2 Å². The van der Waals surface area contributed by atoms with Crippen LogP contribution in [0.5, 0.6) is 0 Å². The maximum atomic E-state index is 12.5. The first-order valence-electron chi connectivity index (χ1n) is 7.44. The number of aromatic nitrogens is 2. The molecule has 0 bridgehead atoms. The Morgan fingerprint density at radius 3 is 2.50 bits per heavy atom. The fourth-order valence-electron chi connectivity index (χ4n) is 2.76. The van der Waals surface area contributed by atoms with Crippen molar-refractivity contribution < 1.29 is 15.1 Å². The maximum absolute atomic E-state index is 12.5. The number of nitrogens with one attached hydrogen (secondary N) is 2. The molecule has 0 saturated heterocycles. The quantitative estimate of drug-likeness (QED) is 0.429. The van der Waals surface area contributed by atoms with E-state index in [-0.39, 0.29) is 0 Å². The zero-order valence-electron chi connectivity index (χ0n) is 12.9. The molecular weight excluding hydrogens is 310 g/mol. The third-order valence-electron chi connectivity index (χ3n) is 3.93. The number of hydroxylamine groups is 1. The van der Waals surface area contributed by atoms with E-state index in [4.69, 9.17) is 5.21 Å². The van der Waals surface area contributed by atoms with E-state index in [2.05, 4.69) is 5.10 Å². The SMILES string of the molecule is CC(O)C(C(=O)NO)n1[nH]c2cc(-c3ccccc3)ccc2c1=O. The van der Waals surface area contributed by atoms with Crippen molar-refractivity contribution in [3.63, 3.8) is 0 Å². The first kappa shape index (κ1) is 16.0. The number of aliphatic hydroxyl groups is 1. The molecule has 2 aromatic carbocycles. The predicted molar refractivity (Wildman–Crippen MR) is 88.6 cm³/mol. The van der Waals surface area contributed by atoms with E-state index < -0.39 is 23.6 Å². The van der Waals surface area contributed by atoms with Gasteiger partial charge in [-0.2, -0.15) is 0 Å². The van der Waals surface area contributed by atoms with Gasteiger partial charge in [-0.3, -0.25) is 19.9 Å². The Morgan fingerprint density at radius 2 is 1.88 bits per heavy atom. The standard InChI is InChI=1S/C17H17N3O4/c1-10(21)15(16(22)19-24)20-17(23)13-8-7-12(9-14(13)18-20)11-5-3-2-4-6-11/h2-10,15,18,21,24H,1H3,(H,19,22). The Labute approximate surface area is 137 Å². The molecular formula is C17H17N3O4. The lowest BCUT2D eigenvalue weighted by atomic mass is 10.0. The van der Waals surface area contributed by atoms with Crippen molar-refractivity contribution in [2.75, 3.05) is 0 Å². The van der Waals surface area contributed by atoms with Crippen LogP contribution in [0.15, 0.2) is 53.3 Å². The van der Waals surface area contributed by atoms with Gasteiger partial charge < -0.3 is 5.11 Å². The highest BCUT2D eigenvalue weighted by molar-refractivity contribution is 5.85. The lowest BCUT2D eigenvalue weighted by molar-refractivity contribution is -0.136. The second-order valence-electron chi connectivity index (χ2n) is 5.57. The normalized spacial score (nSPS) is 13.6. The topological polar surface area (TPSA) is 107 Å². The highest BCUT2D eigenvalue weighted by atomic mass is 16.5. The molecule has 2 atom stereocenters. The number of benzene rings is 2. The summed E-state index contributed by atoms with van der Waals surface area (Å²) in [5, 5.41) is 21.9. The lowest BCUT2D eigenvalue weighted by Crippen LogP contribution is -2.41. The van der Waals surface area contributed by atoms with Crippen molar-refractivity contribution >= 4 is 16.8 Å². The van der Waals surface area contributed by atoms with Crippen LogP contribution in [-0.4, -0.2) is 32.1 Å². The zero-order chi connectivity index (χ0) is 17.3. The third-order valence-corrected chi connectivity index (χ3v) is 3.93. The van der Waals surface area contributed by atoms with Crippen molar-refractivity contribution in [1.82, 2.24) is 15.3 Å². The van der Waals surface area contributed by atoms with Crippen LogP contribution in [0.4, 0.5) is 0 Å². The van der Waals surface area contributed by atoms with Gasteiger partial charge in [0.25, 0.3) is 11.5 Å². The number of aromatic amines is 1. The number of carbonyl (C=O) groups excluding carboxylic acids is 1. The summed E-state index contributed by atoms with van der Waals surface area (Å²) in [6.45, 7) is 1.37. The van der Waals surface area contributed by atoms with E-state index in [0.717, 1.165) is 15.8 Å². The molecule has 4 N–H and O–H groups in total. The number of rotatable bonds is 4. The van der Waals surface area contributed by atoms with Crippen molar-refractivity contribution in [2.24, 2.45) is 0 Å². The van der Waals surface area contributed by atoms with Crippen molar-refractivity contribution in [3.05, 3.63) is 58.9 Å². The molecule has 0 aliphatic rings. The molecule has 0 aliphatic carbocycles. The first-order chi connectivity index (χ1) is 11.5. The number of hydrogen-bond acceptors (Lipinski definition) is 4. The smallest absolute Gasteiger partial charge is 0.275 e. The van der Waals surface area contributed by atoms with Crippen molar-refractivity contribution in [3.8, 4) is 11.1 Å². The second-order valence-corrected chi connectivity index (χ2v) is 5.57. The average Bonchev–Trinajstić information content (AvgIpc) is 2.91. The number of H-pyrrole nitrogens is 1. The molecule has 24 heavy (non-hydrogen) atoms. The van der Waals surface area contributed by atoms with Gasteiger partial charge in [0.1, 0.15) is 0 Å². The summed E-state index contributed by atoms with van der Waals surface area (Å²) < 4.78 is 1.02. The minimum atomic E-state index is -1.25. The summed E-state index contributed by atoms with van der Waals surface area (Å²) in [4.78, 5) is 24.3. The van der Waals surface area contributed by atoms with E-state index in [1.807, 2.05) is 36.4 Å². The molecule has 7 nitrogen and oxygen atoms in total. The Morgan fingerprint density at radius 1 is 1.17 bits per heavy atom. The van der Waals surface area contributed by atoms with E-state index in [0.29, 0.717) is 10.9 Å². The molecule has 0 fully saturated rings. The zero-order valence-corrected chi connectivity index (χ0v) is 12.9. The second kappa shape index (κ2) is 6.31. The largest absolute Gasteiger partial charge is 0.391 e. The third kappa shape index (κ3) is 2.70. The van der Waals surface area contributed by atoms with Crippen molar-refractivity contribution in [2.45, 2.75) is 19.1 Å². The van der Waals surface area contributed by atoms with Crippen molar-refractivity contribution in [1.29, 1.82) is 0 Å². The Bertz CT molecular complexity index is 928. The molecule has 3 aromatic rings. The Hall–Kier alpha value is -2.90. The summed E-state index contributed by atoms with van der Waals surface area (Å²) in [5.41, 5.74) is 3.48. The van der Waals surface area contributed by atoms with Gasteiger partial charge in [-0.05, 0) is 30.2 Å². The summed E-state index contributed by atoms with van der Waals surface area (Å²) >= 11 is 0. The van der Waals surface area contributed by atoms with Gasteiger partial charge in [0, 0.05) is 0 Å². The molecule has 124 valence electrons. The first-order valence-corrected chi connectivity index (χ1v) is 7.44. The molecule has 3 rings (SSSR count). The van der Waals surface area contributed by atoms with E-state index in [1.165, 1.54) is 12.4 Å². The van der Waals surface area contributed by atoms with Gasteiger partial charge in [0.2, 0.25) is 0 Å². The van der Waals surface area contributed by atoms with Gasteiger partial charge in [-0.15, -0.1) is 0 Å². The van der Waals surface area contributed by atoms with Crippen LogP contribution in [-0.2, 0) is 4.79 Å². The van der Waals surface area contributed by atoms with Gasteiger partial charge in [-0.1, -0.05) is 36.4 Å². The molecule has 1 heterocycles. The minimum absolute atomic E-state index is 0.395. The molecule has 2 unspecified atom stereocenters. The van der Waals surface area contributed by atoms with E-state index in [9.17, 15) is 14.7 Å². The van der Waals surface area contributed by atoms with Crippen LogP contribution < -0.4 is 11.0 Å². The van der Waals surface area contributed by atoms with Crippen LogP contribution in [0.2, 0.25) is 0 Å². The Kier molecular flexibility index (Phi) is 4.20. The molecule has 0 aliphatic heterocycles. The molecule has 0 radical (unpaired) electrons. The molecule has 0 spiro atoms. The Balaban J connectivity index is 2.13. The van der Waals surface area contributed by atoms with Gasteiger partial charge >= 0.3 is 0 Å². The minimum Gasteiger partial charge on any atom is -0.391 e. The predicted octanol–water partition coefficient (Wildman–Crippen LogP) is 1.42. The average molecular weight is 327 g/mol. The van der Waals surface area contributed by atoms with Crippen LogP contribution in [0.1, 0.15) is 13.0 Å². The van der Waals surface area contributed by atoms with Gasteiger partial charge in [0.05, 0.1) is 17.0 Å². The van der Waals surface area contributed by atoms with E-state index in [1.54, 1.807) is 12.1 Å². The number of carbonyl (C=O) groups is 1. The van der Waals surface area contributed by atoms with Crippen LogP contribution in [0.25, 0.3) is 22.0 Å². The maximum Gasteiger partial charge on any atom is 0.275 e. The molecule has 1 amide bonds. The number of amides is 1. The van der Waals surface area contributed by atoms with Crippen LogP contribution >= 0.6 is 0 Å². The van der Waals surface area contributed by atoms with Crippen LogP contribution in [0, 0.1) is 0 Å². The fraction of sp³-hybridized carbons (Fsp3) is 0.176. The number of hydrogen-bond donors (Lipinski definition) is 4. The summed E-state index contributed by atoms with van der Waals surface area (Å²) in [7, 11) is 0. The molecule has 1 aromatic heterocycles.